The van der Waals surface area contributed by atoms with Crippen molar-refractivity contribution in [1.82, 2.24) is 4.90 Å². The van der Waals surface area contributed by atoms with Crippen LogP contribution < -0.4 is 5.32 Å². The van der Waals surface area contributed by atoms with Gasteiger partial charge in [-0.2, -0.15) is 0 Å². The van der Waals surface area contributed by atoms with Crippen LogP contribution in [0.2, 0.25) is 15.1 Å². The van der Waals surface area contributed by atoms with E-state index in [0.717, 1.165) is 0 Å². The first-order chi connectivity index (χ1) is 10.9. The van der Waals surface area contributed by atoms with Crippen LogP contribution in [0.4, 0.5) is 5.69 Å². The maximum absolute atomic E-state index is 12.3. The summed E-state index contributed by atoms with van der Waals surface area (Å²) in [5.41, 5.74) is 0.807. The molecule has 0 saturated carbocycles. The summed E-state index contributed by atoms with van der Waals surface area (Å²) < 4.78 is 0. The predicted molar refractivity (Wildman–Crippen MR) is 93.5 cm³/mol. The van der Waals surface area contributed by atoms with Gasteiger partial charge in [-0.3, -0.25) is 9.59 Å². The Morgan fingerprint density at radius 1 is 1.04 bits per heavy atom. The number of nitrogens with one attached hydrogen (secondary N) is 1. The van der Waals surface area contributed by atoms with Gasteiger partial charge in [-0.25, -0.2) is 0 Å². The molecule has 0 aliphatic heterocycles. The van der Waals surface area contributed by atoms with Gasteiger partial charge in [0, 0.05) is 22.8 Å². The Morgan fingerprint density at radius 2 is 1.74 bits per heavy atom. The number of carbonyl (C=O) groups is 2. The minimum absolute atomic E-state index is 0.131. The number of rotatable bonds is 4. The zero-order valence-corrected chi connectivity index (χ0v) is 14.4. The first kappa shape index (κ1) is 17.6. The van der Waals surface area contributed by atoms with Gasteiger partial charge in [0.25, 0.3) is 5.91 Å². The van der Waals surface area contributed by atoms with E-state index in [9.17, 15) is 9.59 Å². The Morgan fingerprint density at radius 3 is 2.43 bits per heavy atom. The molecule has 23 heavy (non-hydrogen) atoms. The molecule has 2 aromatic rings. The van der Waals surface area contributed by atoms with Gasteiger partial charge in [0.15, 0.2) is 0 Å². The molecule has 0 fully saturated rings. The number of likely N-dealkylation sites (N-methyl/N-ethyl adjacent to an activating group) is 1. The molecule has 0 aliphatic carbocycles. The lowest BCUT2D eigenvalue weighted by Crippen LogP contribution is -2.35. The third-order valence-electron chi connectivity index (χ3n) is 2.99. The van der Waals surface area contributed by atoms with Gasteiger partial charge in [0.05, 0.1) is 17.1 Å². The maximum Gasteiger partial charge on any atom is 0.255 e. The van der Waals surface area contributed by atoms with Crippen molar-refractivity contribution in [3.8, 4) is 0 Å². The lowest BCUT2D eigenvalue weighted by molar-refractivity contribution is -0.116. The van der Waals surface area contributed by atoms with E-state index in [2.05, 4.69) is 5.32 Å². The number of benzene rings is 2. The standard InChI is InChI=1S/C16H13Cl3N2O2/c1-21(16(23)13-8-11(18)5-6-14(13)19)9-15(22)20-12-4-2-3-10(17)7-12/h2-8H,9H2,1H3,(H,20,22). The molecule has 2 amide bonds. The van der Waals surface area contributed by atoms with E-state index < -0.39 is 5.91 Å². The van der Waals surface area contributed by atoms with Gasteiger partial charge >= 0.3 is 0 Å². The van der Waals surface area contributed by atoms with Crippen LogP contribution in [0.15, 0.2) is 42.5 Å². The highest BCUT2D eigenvalue weighted by Gasteiger charge is 2.18. The Hall–Kier alpha value is -1.75. The van der Waals surface area contributed by atoms with Gasteiger partial charge in [0.2, 0.25) is 5.91 Å². The number of hydrogen-bond donors (Lipinski definition) is 1. The molecule has 0 saturated heterocycles. The molecular weight excluding hydrogens is 359 g/mol. The van der Waals surface area contributed by atoms with Crippen LogP contribution in [0, 0.1) is 0 Å². The van der Waals surface area contributed by atoms with Crippen LogP contribution in [-0.2, 0) is 4.79 Å². The minimum atomic E-state index is -0.390. The predicted octanol–water partition coefficient (Wildman–Crippen LogP) is 4.36. The van der Waals surface area contributed by atoms with Crippen LogP contribution in [0.5, 0.6) is 0 Å². The third-order valence-corrected chi connectivity index (χ3v) is 3.79. The molecule has 0 atom stereocenters. The smallest absolute Gasteiger partial charge is 0.255 e. The van der Waals surface area contributed by atoms with E-state index in [-0.39, 0.29) is 23.0 Å². The Kier molecular flexibility index (Phi) is 5.88. The van der Waals surface area contributed by atoms with Gasteiger partial charge in [-0.1, -0.05) is 40.9 Å². The second-order valence-electron chi connectivity index (χ2n) is 4.84. The molecule has 0 spiro atoms. The van der Waals surface area contributed by atoms with Crippen molar-refractivity contribution < 1.29 is 9.59 Å². The van der Waals surface area contributed by atoms with E-state index in [4.69, 9.17) is 34.8 Å². The molecule has 0 heterocycles. The van der Waals surface area contributed by atoms with Crippen LogP contribution in [0.3, 0.4) is 0 Å². The minimum Gasteiger partial charge on any atom is -0.332 e. The first-order valence-corrected chi connectivity index (χ1v) is 7.76. The molecule has 1 N–H and O–H groups in total. The topological polar surface area (TPSA) is 49.4 Å². The second-order valence-corrected chi connectivity index (χ2v) is 6.12. The molecule has 2 aromatic carbocycles. The van der Waals surface area contributed by atoms with Gasteiger partial charge in [-0.05, 0) is 36.4 Å². The molecular formula is C16H13Cl3N2O2. The fraction of sp³-hybridized carbons (Fsp3) is 0.125. The molecule has 0 aliphatic rings. The summed E-state index contributed by atoms with van der Waals surface area (Å²) in [5, 5.41) is 3.86. The zero-order chi connectivity index (χ0) is 17.0. The van der Waals surface area contributed by atoms with Crippen molar-refractivity contribution in [2.24, 2.45) is 0 Å². The summed E-state index contributed by atoms with van der Waals surface area (Å²) >= 11 is 17.7. The van der Waals surface area contributed by atoms with Crippen molar-refractivity contribution in [3.63, 3.8) is 0 Å². The summed E-state index contributed by atoms with van der Waals surface area (Å²) in [4.78, 5) is 25.6. The molecule has 0 unspecified atom stereocenters. The van der Waals surface area contributed by atoms with Gasteiger partial charge < -0.3 is 10.2 Å². The van der Waals surface area contributed by atoms with Crippen molar-refractivity contribution in [1.29, 1.82) is 0 Å². The first-order valence-electron chi connectivity index (χ1n) is 6.63. The number of carbonyl (C=O) groups excluding carboxylic acids is 2. The van der Waals surface area contributed by atoms with E-state index >= 15 is 0 Å². The fourth-order valence-electron chi connectivity index (χ4n) is 1.92. The Balaban J connectivity index is 2.03. The quantitative estimate of drug-likeness (QED) is 0.868. The van der Waals surface area contributed by atoms with Crippen molar-refractivity contribution in [2.75, 3.05) is 18.9 Å². The SMILES string of the molecule is CN(CC(=O)Nc1cccc(Cl)c1)C(=O)c1cc(Cl)ccc1Cl. The molecule has 7 heteroatoms. The van der Waals surface area contributed by atoms with Crippen LogP contribution in [-0.4, -0.2) is 30.3 Å². The molecule has 0 aromatic heterocycles. The number of amides is 2. The lowest BCUT2D eigenvalue weighted by Gasteiger charge is -2.17. The van der Waals surface area contributed by atoms with Crippen LogP contribution in [0.25, 0.3) is 0 Å². The highest BCUT2D eigenvalue weighted by Crippen LogP contribution is 2.22. The van der Waals surface area contributed by atoms with E-state index in [1.54, 1.807) is 30.3 Å². The fourth-order valence-corrected chi connectivity index (χ4v) is 2.48. The van der Waals surface area contributed by atoms with Crippen molar-refractivity contribution in [2.45, 2.75) is 0 Å². The summed E-state index contributed by atoms with van der Waals surface area (Å²) in [6.45, 7) is -0.131. The summed E-state index contributed by atoms with van der Waals surface area (Å²) in [6.07, 6.45) is 0. The van der Waals surface area contributed by atoms with E-state index in [1.807, 2.05) is 0 Å². The lowest BCUT2D eigenvalue weighted by atomic mass is 10.2. The highest BCUT2D eigenvalue weighted by atomic mass is 35.5. The molecule has 120 valence electrons. The number of hydrogen-bond acceptors (Lipinski definition) is 2. The maximum atomic E-state index is 12.3. The van der Waals surface area contributed by atoms with Gasteiger partial charge in [0.1, 0.15) is 0 Å². The van der Waals surface area contributed by atoms with E-state index in [0.29, 0.717) is 15.7 Å². The second kappa shape index (κ2) is 7.68. The Labute approximate surface area is 148 Å². The average Bonchev–Trinajstić information content (AvgIpc) is 2.48. The molecule has 0 radical (unpaired) electrons. The monoisotopic (exact) mass is 370 g/mol. The van der Waals surface area contributed by atoms with Crippen LogP contribution in [0.1, 0.15) is 10.4 Å². The van der Waals surface area contributed by atoms with Gasteiger partial charge in [-0.15, -0.1) is 0 Å². The largest absolute Gasteiger partial charge is 0.332 e. The third kappa shape index (κ3) is 4.86. The summed E-state index contributed by atoms with van der Waals surface area (Å²) in [7, 11) is 1.51. The highest BCUT2D eigenvalue weighted by molar-refractivity contribution is 6.35. The molecule has 2 rings (SSSR count). The normalized spacial score (nSPS) is 10.3. The van der Waals surface area contributed by atoms with Crippen molar-refractivity contribution in [3.05, 3.63) is 63.1 Å². The zero-order valence-electron chi connectivity index (χ0n) is 12.1. The summed E-state index contributed by atoms with van der Waals surface area (Å²) in [5.74, 6) is -0.736. The molecule has 4 nitrogen and oxygen atoms in total. The molecule has 0 bridgehead atoms. The Bertz CT molecular complexity index is 750. The summed E-state index contributed by atoms with van der Waals surface area (Å²) in [6, 6.07) is 11.3. The van der Waals surface area contributed by atoms with Crippen molar-refractivity contribution >= 4 is 52.3 Å². The number of anilines is 1. The number of halogens is 3. The number of nitrogens with zero attached hydrogens (tertiary/aromatic N) is 1. The average molecular weight is 372 g/mol. The van der Waals surface area contributed by atoms with Crippen LogP contribution >= 0.6 is 34.8 Å². The van der Waals surface area contributed by atoms with E-state index in [1.165, 1.54) is 24.1 Å².